The predicted octanol–water partition coefficient (Wildman–Crippen LogP) is 4.72. The molecule has 8 heteroatoms. The number of nitrogens with one attached hydrogen (secondary N) is 1. The van der Waals surface area contributed by atoms with E-state index in [4.69, 9.17) is 0 Å². The number of hydrogen-bond donors (Lipinski definition) is 1. The first kappa shape index (κ1) is 17.8. The summed E-state index contributed by atoms with van der Waals surface area (Å²) in [4.78, 5) is 16.9. The van der Waals surface area contributed by atoms with Crippen LogP contribution in [-0.4, -0.2) is 19.9 Å². The van der Waals surface area contributed by atoms with Crippen LogP contribution in [0.2, 0.25) is 0 Å². The van der Waals surface area contributed by atoms with Crippen LogP contribution in [0.5, 0.6) is 0 Å². The molecule has 0 atom stereocenters. The van der Waals surface area contributed by atoms with Crippen LogP contribution in [0.25, 0.3) is 22.3 Å². The second-order valence-electron chi connectivity index (χ2n) is 6.01. The number of benzene rings is 2. The highest BCUT2D eigenvalue weighted by molar-refractivity contribution is 5.90. The fourth-order valence-electron chi connectivity index (χ4n) is 2.85. The molecule has 2 aromatic heterocycles. The van der Waals surface area contributed by atoms with Gasteiger partial charge in [0.15, 0.2) is 5.82 Å². The number of anilines is 1. The highest BCUT2D eigenvalue weighted by Gasteiger charge is 2.34. The van der Waals surface area contributed by atoms with E-state index >= 15 is 0 Å². The second-order valence-corrected chi connectivity index (χ2v) is 6.01. The number of rotatable bonds is 4. The zero-order valence-electron chi connectivity index (χ0n) is 14.5. The molecule has 140 valence electrons. The molecule has 0 aliphatic carbocycles. The molecule has 0 spiro atoms. The summed E-state index contributed by atoms with van der Waals surface area (Å²) >= 11 is 0. The van der Waals surface area contributed by atoms with E-state index in [0.717, 1.165) is 6.07 Å². The van der Waals surface area contributed by atoms with Crippen molar-refractivity contribution in [3.05, 3.63) is 78.4 Å². The van der Waals surface area contributed by atoms with Crippen LogP contribution in [0.1, 0.15) is 11.3 Å². The molecule has 0 aliphatic heterocycles. The molecule has 4 rings (SSSR count). The first-order valence-corrected chi connectivity index (χ1v) is 8.44. The zero-order chi connectivity index (χ0) is 19.6. The molecular weight excluding hydrogens is 367 g/mol. The van der Waals surface area contributed by atoms with Crippen LogP contribution in [0, 0.1) is 0 Å². The third kappa shape index (κ3) is 3.62. The minimum absolute atomic E-state index is 0.00766. The maximum absolute atomic E-state index is 13.4. The van der Waals surface area contributed by atoms with Gasteiger partial charge >= 0.3 is 6.18 Å². The maximum atomic E-state index is 13.4. The average molecular weight is 381 g/mol. The normalized spacial score (nSPS) is 11.5. The van der Waals surface area contributed by atoms with E-state index < -0.39 is 11.7 Å². The molecule has 2 aromatic carbocycles. The number of aromatic nitrogens is 4. The lowest BCUT2D eigenvalue weighted by atomic mass is 10.1. The van der Waals surface area contributed by atoms with Gasteiger partial charge in [0.1, 0.15) is 5.82 Å². The summed E-state index contributed by atoms with van der Waals surface area (Å²) in [5.74, 6) is 0.441. The van der Waals surface area contributed by atoms with Crippen molar-refractivity contribution in [3.8, 4) is 11.4 Å². The Hall–Kier alpha value is -3.55. The standard InChI is InChI=1S/C20H14F3N5/c21-20(22,23)16-7-3-1-5-14(16)19-27-17-8-4-2-6-15(17)18(28-19)26-12-13-11-24-9-10-25-13/h1-11H,12H2,(H,26,27,28). The summed E-state index contributed by atoms with van der Waals surface area (Å²) < 4.78 is 40.3. The molecule has 4 aromatic rings. The lowest BCUT2D eigenvalue weighted by Crippen LogP contribution is -2.09. The van der Waals surface area contributed by atoms with Crippen molar-refractivity contribution in [2.24, 2.45) is 0 Å². The molecule has 1 N–H and O–H groups in total. The second kappa shape index (κ2) is 7.22. The van der Waals surface area contributed by atoms with Gasteiger partial charge in [-0.3, -0.25) is 9.97 Å². The van der Waals surface area contributed by atoms with Crippen molar-refractivity contribution >= 4 is 16.7 Å². The minimum Gasteiger partial charge on any atom is -0.364 e. The van der Waals surface area contributed by atoms with E-state index in [-0.39, 0.29) is 11.4 Å². The molecule has 5 nitrogen and oxygen atoms in total. The SMILES string of the molecule is FC(F)(F)c1ccccc1-c1nc(NCc2cnccn2)c2ccccc2n1. The van der Waals surface area contributed by atoms with Gasteiger partial charge in [0.25, 0.3) is 0 Å². The van der Waals surface area contributed by atoms with Crippen LogP contribution < -0.4 is 5.32 Å². The number of fused-ring (bicyclic) bond motifs is 1. The molecule has 0 unspecified atom stereocenters. The van der Waals surface area contributed by atoms with Crippen molar-refractivity contribution in [3.63, 3.8) is 0 Å². The lowest BCUT2D eigenvalue weighted by molar-refractivity contribution is -0.137. The fourth-order valence-corrected chi connectivity index (χ4v) is 2.85. The number of nitrogens with zero attached hydrogens (tertiary/aromatic N) is 4. The molecule has 28 heavy (non-hydrogen) atoms. The smallest absolute Gasteiger partial charge is 0.364 e. The number of halogens is 3. The molecule has 0 aliphatic rings. The summed E-state index contributed by atoms with van der Waals surface area (Å²) in [5.41, 5.74) is 0.391. The van der Waals surface area contributed by atoms with Crippen molar-refractivity contribution < 1.29 is 13.2 Å². The van der Waals surface area contributed by atoms with Crippen LogP contribution in [0.4, 0.5) is 19.0 Å². The largest absolute Gasteiger partial charge is 0.417 e. The van der Waals surface area contributed by atoms with Crippen LogP contribution in [0.3, 0.4) is 0 Å². The molecule has 0 bridgehead atoms. The zero-order valence-corrected chi connectivity index (χ0v) is 14.5. The van der Waals surface area contributed by atoms with Gasteiger partial charge in [0, 0.05) is 23.3 Å². The van der Waals surface area contributed by atoms with E-state index in [0.29, 0.717) is 29.0 Å². The molecule has 0 saturated heterocycles. The molecule has 0 fully saturated rings. The molecule has 0 saturated carbocycles. The lowest BCUT2D eigenvalue weighted by Gasteiger charge is -2.14. The van der Waals surface area contributed by atoms with Gasteiger partial charge in [-0.05, 0) is 18.2 Å². The third-order valence-electron chi connectivity index (χ3n) is 4.13. The van der Waals surface area contributed by atoms with Gasteiger partial charge in [0.05, 0.1) is 29.5 Å². The highest BCUT2D eigenvalue weighted by atomic mass is 19.4. The number of alkyl halides is 3. The van der Waals surface area contributed by atoms with Gasteiger partial charge in [0.2, 0.25) is 0 Å². The minimum atomic E-state index is -4.50. The summed E-state index contributed by atoms with van der Waals surface area (Å²) in [6, 6.07) is 12.4. The van der Waals surface area contributed by atoms with Gasteiger partial charge in [-0.15, -0.1) is 0 Å². The molecular formula is C20H14F3N5. The monoisotopic (exact) mass is 381 g/mol. The van der Waals surface area contributed by atoms with Gasteiger partial charge < -0.3 is 5.32 Å². The Morgan fingerprint density at radius 3 is 2.46 bits per heavy atom. The van der Waals surface area contributed by atoms with Crippen molar-refractivity contribution in [1.29, 1.82) is 0 Å². The van der Waals surface area contributed by atoms with E-state index in [2.05, 4.69) is 25.3 Å². The molecule has 2 heterocycles. The van der Waals surface area contributed by atoms with Crippen LogP contribution in [-0.2, 0) is 12.7 Å². The average Bonchev–Trinajstić information content (AvgIpc) is 2.72. The Morgan fingerprint density at radius 1 is 0.893 bits per heavy atom. The Kier molecular flexibility index (Phi) is 4.60. The first-order chi connectivity index (χ1) is 13.5. The Labute approximate surface area is 158 Å². The summed E-state index contributed by atoms with van der Waals surface area (Å²) in [7, 11) is 0. The third-order valence-corrected chi connectivity index (χ3v) is 4.13. The van der Waals surface area contributed by atoms with Crippen LogP contribution in [0.15, 0.2) is 67.1 Å². The van der Waals surface area contributed by atoms with Crippen LogP contribution >= 0.6 is 0 Å². The molecule has 0 amide bonds. The fraction of sp³-hybridized carbons (Fsp3) is 0.100. The van der Waals surface area contributed by atoms with Crippen molar-refractivity contribution in [1.82, 2.24) is 19.9 Å². The number of para-hydroxylation sites is 1. The van der Waals surface area contributed by atoms with Crippen molar-refractivity contribution in [2.45, 2.75) is 12.7 Å². The van der Waals surface area contributed by atoms with E-state index in [9.17, 15) is 13.2 Å². The van der Waals surface area contributed by atoms with Gasteiger partial charge in [-0.1, -0.05) is 30.3 Å². The quantitative estimate of drug-likeness (QED) is 0.554. The predicted molar refractivity (Wildman–Crippen MR) is 99.3 cm³/mol. The Morgan fingerprint density at radius 2 is 1.68 bits per heavy atom. The Bertz CT molecular complexity index is 1110. The van der Waals surface area contributed by atoms with Crippen molar-refractivity contribution in [2.75, 3.05) is 5.32 Å². The first-order valence-electron chi connectivity index (χ1n) is 8.44. The summed E-state index contributed by atoms with van der Waals surface area (Å²) in [6.45, 7) is 0.329. The topological polar surface area (TPSA) is 63.6 Å². The summed E-state index contributed by atoms with van der Waals surface area (Å²) in [5, 5.41) is 3.85. The van der Waals surface area contributed by atoms with Gasteiger partial charge in [-0.2, -0.15) is 13.2 Å². The van der Waals surface area contributed by atoms with Gasteiger partial charge in [-0.25, -0.2) is 9.97 Å². The summed E-state index contributed by atoms with van der Waals surface area (Å²) in [6.07, 6.45) is 0.241. The number of hydrogen-bond acceptors (Lipinski definition) is 5. The Balaban J connectivity index is 1.81. The highest BCUT2D eigenvalue weighted by Crippen LogP contribution is 2.36. The molecule has 0 radical (unpaired) electrons. The van der Waals surface area contributed by atoms with E-state index in [1.54, 1.807) is 30.7 Å². The van der Waals surface area contributed by atoms with E-state index in [1.807, 2.05) is 12.1 Å². The van der Waals surface area contributed by atoms with E-state index in [1.165, 1.54) is 18.2 Å². The maximum Gasteiger partial charge on any atom is 0.417 e.